The van der Waals surface area contributed by atoms with Gasteiger partial charge in [-0.3, -0.25) is 4.79 Å². The second kappa shape index (κ2) is 4.65. The van der Waals surface area contributed by atoms with Gasteiger partial charge in [0.15, 0.2) is 0 Å². The molecule has 0 aliphatic rings. The number of anilines is 2. The Kier molecular flexibility index (Phi) is 2.83. The number of hydrogen-bond acceptors (Lipinski definition) is 4. The number of fused-ring (bicyclic) bond motifs is 1. The second-order valence-electron chi connectivity index (χ2n) is 4.26. The van der Waals surface area contributed by atoms with Gasteiger partial charge in [0, 0.05) is 5.69 Å². The fourth-order valence-corrected chi connectivity index (χ4v) is 1.91. The minimum atomic E-state index is -0.507. The lowest BCUT2D eigenvalue weighted by Crippen LogP contribution is -2.30. The number of nitrogens with two attached hydrogens (primary N) is 1. The summed E-state index contributed by atoms with van der Waals surface area (Å²) in [5, 5.41) is 3.10. The standard InChI is InChI=1S/C14H11FN4O/c15-9-6-7-12-11(8-9)13(20)19(16)14(18-12)17-10-4-2-1-3-5-10/h1-8H,16H2,(H,17,18). The highest BCUT2D eigenvalue weighted by Crippen LogP contribution is 2.15. The number of nitrogens with zero attached hydrogens (tertiary/aromatic N) is 2. The van der Waals surface area contributed by atoms with E-state index in [0.717, 1.165) is 16.4 Å². The first-order chi connectivity index (χ1) is 9.65. The van der Waals surface area contributed by atoms with Gasteiger partial charge in [0.25, 0.3) is 5.56 Å². The number of nitrogens with one attached hydrogen (secondary N) is 1. The first-order valence-electron chi connectivity index (χ1n) is 5.94. The first-order valence-corrected chi connectivity index (χ1v) is 5.94. The predicted octanol–water partition coefficient (Wildman–Crippen LogP) is 1.99. The van der Waals surface area contributed by atoms with Gasteiger partial charge in [-0.2, -0.15) is 4.68 Å². The summed E-state index contributed by atoms with van der Waals surface area (Å²) in [5.41, 5.74) is 0.629. The summed E-state index contributed by atoms with van der Waals surface area (Å²) in [7, 11) is 0. The van der Waals surface area contributed by atoms with Crippen LogP contribution in [0.1, 0.15) is 0 Å². The number of rotatable bonds is 2. The van der Waals surface area contributed by atoms with E-state index in [9.17, 15) is 9.18 Å². The van der Waals surface area contributed by atoms with Crippen molar-refractivity contribution in [2.45, 2.75) is 0 Å². The molecule has 0 saturated heterocycles. The fraction of sp³-hybridized carbons (Fsp3) is 0. The Labute approximate surface area is 113 Å². The summed E-state index contributed by atoms with van der Waals surface area (Å²) in [4.78, 5) is 16.3. The van der Waals surface area contributed by atoms with Gasteiger partial charge in [0.05, 0.1) is 10.9 Å². The highest BCUT2D eigenvalue weighted by molar-refractivity contribution is 5.79. The third kappa shape index (κ3) is 2.07. The maximum Gasteiger partial charge on any atom is 0.281 e. The van der Waals surface area contributed by atoms with Crippen LogP contribution in [0, 0.1) is 5.82 Å². The van der Waals surface area contributed by atoms with Gasteiger partial charge in [-0.15, -0.1) is 0 Å². The number of halogens is 1. The average Bonchev–Trinajstić information content (AvgIpc) is 2.46. The second-order valence-corrected chi connectivity index (χ2v) is 4.26. The van der Waals surface area contributed by atoms with Gasteiger partial charge in [-0.05, 0) is 30.3 Å². The zero-order valence-electron chi connectivity index (χ0n) is 10.4. The van der Waals surface area contributed by atoms with E-state index >= 15 is 0 Å². The van der Waals surface area contributed by atoms with E-state index in [2.05, 4.69) is 10.3 Å². The molecule has 0 fully saturated rings. The fourth-order valence-electron chi connectivity index (χ4n) is 1.91. The molecule has 3 aromatic rings. The van der Waals surface area contributed by atoms with Crippen molar-refractivity contribution < 1.29 is 4.39 Å². The Morgan fingerprint density at radius 2 is 1.90 bits per heavy atom. The molecule has 1 aromatic heterocycles. The van der Waals surface area contributed by atoms with Crippen LogP contribution in [-0.4, -0.2) is 9.66 Å². The zero-order chi connectivity index (χ0) is 14.1. The van der Waals surface area contributed by atoms with E-state index in [1.807, 2.05) is 30.3 Å². The molecule has 0 atom stereocenters. The molecular weight excluding hydrogens is 259 g/mol. The molecule has 2 aromatic carbocycles. The largest absolute Gasteiger partial charge is 0.333 e. The minimum absolute atomic E-state index is 0.145. The van der Waals surface area contributed by atoms with Gasteiger partial charge >= 0.3 is 0 Å². The highest BCUT2D eigenvalue weighted by Gasteiger charge is 2.09. The molecule has 3 rings (SSSR count). The topological polar surface area (TPSA) is 72.9 Å². The van der Waals surface area contributed by atoms with E-state index in [4.69, 9.17) is 5.84 Å². The number of nitrogen functional groups attached to an aromatic ring is 1. The van der Waals surface area contributed by atoms with Crippen molar-refractivity contribution in [2.75, 3.05) is 11.2 Å². The van der Waals surface area contributed by atoms with Crippen LogP contribution < -0.4 is 16.7 Å². The van der Waals surface area contributed by atoms with E-state index < -0.39 is 11.4 Å². The van der Waals surface area contributed by atoms with Crippen LogP contribution in [0.15, 0.2) is 53.3 Å². The van der Waals surface area contributed by atoms with Gasteiger partial charge < -0.3 is 11.2 Å². The van der Waals surface area contributed by atoms with Gasteiger partial charge in [-0.1, -0.05) is 18.2 Å². The van der Waals surface area contributed by atoms with Gasteiger partial charge in [-0.25, -0.2) is 9.37 Å². The smallest absolute Gasteiger partial charge is 0.281 e. The number of hydrogen-bond donors (Lipinski definition) is 2. The number of benzene rings is 2. The lowest BCUT2D eigenvalue weighted by atomic mass is 10.2. The SMILES string of the molecule is Nn1c(Nc2ccccc2)nc2ccc(F)cc2c1=O. The van der Waals surface area contributed by atoms with E-state index in [0.29, 0.717) is 5.52 Å². The van der Waals surface area contributed by atoms with Crippen LogP contribution in [0.2, 0.25) is 0 Å². The molecule has 20 heavy (non-hydrogen) atoms. The number of aromatic nitrogens is 2. The quantitative estimate of drug-likeness (QED) is 0.698. The molecule has 0 amide bonds. The highest BCUT2D eigenvalue weighted by atomic mass is 19.1. The van der Waals surface area contributed by atoms with Crippen molar-refractivity contribution in [2.24, 2.45) is 0 Å². The van der Waals surface area contributed by atoms with E-state index in [-0.39, 0.29) is 11.3 Å². The molecule has 1 heterocycles. The van der Waals surface area contributed by atoms with Gasteiger partial charge in [0.1, 0.15) is 5.82 Å². The minimum Gasteiger partial charge on any atom is -0.333 e. The summed E-state index contributed by atoms with van der Waals surface area (Å²) in [6, 6.07) is 13.0. The lowest BCUT2D eigenvalue weighted by Gasteiger charge is -2.10. The van der Waals surface area contributed by atoms with Crippen LogP contribution in [0.5, 0.6) is 0 Å². The van der Waals surface area contributed by atoms with Crippen LogP contribution in [0.3, 0.4) is 0 Å². The molecule has 0 spiro atoms. The first kappa shape index (κ1) is 12.2. The maximum atomic E-state index is 13.2. The summed E-state index contributed by atoms with van der Waals surface area (Å²) in [5.74, 6) is 5.40. The van der Waals surface area contributed by atoms with Crippen molar-refractivity contribution in [1.82, 2.24) is 9.66 Å². The molecule has 0 saturated carbocycles. The number of para-hydroxylation sites is 1. The Balaban J connectivity index is 2.15. The summed E-state index contributed by atoms with van der Waals surface area (Å²) >= 11 is 0. The van der Waals surface area contributed by atoms with E-state index in [1.165, 1.54) is 12.1 Å². The van der Waals surface area contributed by atoms with Crippen molar-refractivity contribution in [3.8, 4) is 0 Å². The van der Waals surface area contributed by atoms with E-state index in [1.54, 1.807) is 0 Å². The summed E-state index contributed by atoms with van der Waals surface area (Å²) in [6.07, 6.45) is 0. The third-order valence-corrected chi connectivity index (χ3v) is 2.89. The lowest BCUT2D eigenvalue weighted by molar-refractivity contribution is 0.629. The average molecular weight is 270 g/mol. The molecule has 6 heteroatoms. The molecule has 0 radical (unpaired) electrons. The summed E-state index contributed by atoms with van der Waals surface area (Å²) < 4.78 is 14.0. The Hall–Kier alpha value is -2.89. The van der Waals surface area contributed by atoms with Crippen LogP contribution >= 0.6 is 0 Å². The molecule has 0 bridgehead atoms. The zero-order valence-corrected chi connectivity index (χ0v) is 10.4. The van der Waals surface area contributed by atoms with Crippen molar-refractivity contribution in [3.05, 3.63) is 64.7 Å². The normalized spacial score (nSPS) is 10.7. The van der Waals surface area contributed by atoms with Crippen LogP contribution in [0.4, 0.5) is 16.0 Å². The predicted molar refractivity (Wildman–Crippen MR) is 75.8 cm³/mol. The van der Waals surface area contributed by atoms with Gasteiger partial charge in [0.2, 0.25) is 5.95 Å². The molecule has 0 aliphatic carbocycles. The maximum absolute atomic E-state index is 13.2. The molecule has 3 N–H and O–H groups in total. The molecule has 100 valence electrons. The van der Waals surface area contributed by atoms with Crippen LogP contribution in [0.25, 0.3) is 10.9 Å². The van der Waals surface area contributed by atoms with Crippen LogP contribution in [-0.2, 0) is 0 Å². The van der Waals surface area contributed by atoms with Crippen molar-refractivity contribution in [3.63, 3.8) is 0 Å². The molecular formula is C14H11FN4O. The molecule has 5 nitrogen and oxygen atoms in total. The monoisotopic (exact) mass is 270 g/mol. The Bertz CT molecular complexity index is 830. The third-order valence-electron chi connectivity index (χ3n) is 2.89. The molecule has 0 unspecified atom stereocenters. The summed E-state index contributed by atoms with van der Waals surface area (Å²) in [6.45, 7) is 0. The van der Waals surface area contributed by atoms with Crippen molar-refractivity contribution >= 4 is 22.5 Å². The molecule has 0 aliphatic heterocycles. The Morgan fingerprint density at radius 3 is 2.65 bits per heavy atom. The van der Waals surface area contributed by atoms with Crippen molar-refractivity contribution in [1.29, 1.82) is 0 Å². The Morgan fingerprint density at radius 1 is 1.15 bits per heavy atom.